The van der Waals surface area contributed by atoms with Crippen molar-refractivity contribution >= 4 is 22.7 Å². The van der Waals surface area contributed by atoms with E-state index in [1.807, 2.05) is 38.1 Å². The Morgan fingerprint density at radius 1 is 1.19 bits per heavy atom. The summed E-state index contributed by atoms with van der Waals surface area (Å²) >= 11 is 0. The molecule has 2 aliphatic heterocycles. The first kappa shape index (κ1) is 25.1. The molecule has 3 aromatic rings. The standard InChI is InChI=1S/C28H34N4O5/c1-4-30(12-13-33)10-11-31-17-24(35)32-26(18-6-5-7-19(34)14-18)25-22(16-28(32,2)27(31)36)21-15-20(37-3)8-9-23(21)29-25/h5-9,14-15,26,29,33-34H,4,10-13,16-17H2,1-3H3/t26-,28+/m1/s1. The number of aromatic nitrogens is 1. The molecule has 2 atom stereocenters. The van der Waals surface area contributed by atoms with Gasteiger partial charge >= 0.3 is 0 Å². The summed E-state index contributed by atoms with van der Waals surface area (Å²) < 4.78 is 5.47. The zero-order chi connectivity index (χ0) is 26.3. The zero-order valence-electron chi connectivity index (χ0n) is 21.5. The maximum Gasteiger partial charge on any atom is 0.249 e. The van der Waals surface area contributed by atoms with Gasteiger partial charge in [0, 0.05) is 42.7 Å². The normalized spacial score (nSPS) is 21.5. The van der Waals surface area contributed by atoms with Crippen LogP contribution in [0.5, 0.6) is 11.5 Å². The van der Waals surface area contributed by atoms with E-state index in [4.69, 9.17) is 4.74 Å². The largest absolute Gasteiger partial charge is 0.508 e. The van der Waals surface area contributed by atoms with E-state index in [1.165, 1.54) is 0 Å². The molecular formula is C28H34N4O5. The van der Waals surface area contributed by atoms with Crippen LogP contribution >= 0.6 is 0 Å². The molecule has 3 heterocycles. The molecular weight excluding hydrogens is 472 g/mol. The molecule has 0 radical (unpaired) electrons. The molecule has 5 rings (SSSR count). The Labute approximate surface area is 216 Å². The molecule has 0 bridgehead atoms. The van der Waals surface area contributed by atoms with Crippen molar-refractivity contribution in [2.75, 3.05) is 46.4 Å². The second-order valence-corrected chi connectivity index (χ2v) is 10.0. The molecule has 9 heteroatoms. The number of carbonyl (C=O) groups is 2. The number of benzene rings is 2. The third-order valence-electron chi connectivity index (χ3n) is 7.81. The molecule has 0 spiro atoms. The van der Waals surface area contributed by atoms with Gasteiger partial charge in [0.25, 0.3) is 0 Å². The average molecular weight is 507 g/mol. The van der Waals surface area contributed by atoms with Crippen LogP contribution in [-0.4, -0.2) is 93.7 Å². The van der Waals surface area contributed by atoms with Crippen molar-refractivity contribution in [3.05, 3.63) is 59.3 Å². The summed E-state index contributed by atoms with van der Waals surface area (Å²) in [4.78, 5) is 36.8. The Balaban J connectivity index is 1.61. The van der Waals surface area contributed by atoms with E-state index >= 15 is 0 Å². The van der Waals surface area contributed by atoms with Crippen molar-refractivity contribution in [1.29, 1.82) is 0 Å². The monoisotopic (exact) mass is 506 g/mol. The van der Waals surface area contributed by atoms with E-state index in [1.54, 1.807) is 35.1 Å². The molecule has 2 aliphatic rings. The van der Waals surface area contributed by atoms with Crippen LogP contribution in [0.15, 0.2) is 42.5 Å². The zero-order valence-corrected chi connectivity index (χ0v) is 21.5. The number of aromatic amines is 1. The number of likely N-dealkylation sites (N-methyl/N-ethyl adjacent to an activating group) is 1. The van der Waals surface area contributed by atoms with Gasteiger partial charge in [0.1, 0.15) is 17.0 Å². The van der Waals surface area contributed by atoms with E-state index in [2.05, 4.69) is 9.88 Å². The van der Waals surface area contributed by atoms with Crippen LogP contribution in [0.1, 0.15) is 36.7 Å². The summed E-state index contributed by atoms with van der Waals surface area (Å²) in [5.41, 5.74) is 2.35. The van der Waals surface area contributed by atoms with Crippen molar-refractivity contribution < 1.29 is 24.5 Å². The quantitative estimate of drug-likeness (QED) is 0.433. The number of carbonyl (C=O) groups excluding carboxylic acids is 2. The number of aromatic hydroxyl groups is 1. The van der Waals surface area contributed by atoms with Crippen LogP contribution < -0.4 is 4.74 Å². The van der Waals surface area contributed by atoms with E-state index in [9.17, 15) is 19.8 Å². The smallest absolute Gasteiger partial charge is 0.249 e. The van der Waals surface area contributed by atoms with Crippen LogP contribution in [0.2, 0.25) is 0 Å². The van der Waals surface area contributed by atoms with E-state index in [-0.39, 0.29) is 30.7 Å². The second-order valence-electron chi connectivity index (χ2n) is 10.0. The highest BCUT2D eigenvalue weighted by Gasteiger charge is 2.56. The minimum absolute atomic E-state index is 0.0101. The number of amides is 2. The third kappa shape index (κ3) is 4.22. The molecule has 9 nitrogen and oxygen atoms in total. The third-order valence-corrected chi connectivity index (χ3v) is 7.81. The van der Waals surface area contributed by atoms with E-state index in [0.717, 1.165) is 34.3 Å². The van der Waals surface area contributed by atoms with Crippen LogP contribution in [-0.2, 0) is 16.0 Å². The number of aliphatic hydroxyl groups is 1. The van der Waals surface area contributed by atoms with Crippen molar-refractivity contribution in [2.24, 2.45) is 0 Å². The SMILES string of the molecule is CCN(CCO)CCN1CC(=O)N2[C@H](c3cccc(O)c3)c3[nH]c4ccc(OC)cc4c3C[C@@]2(C)C1=O. The van der Waals surface area contributed by atoms with Gasteiger partial charge in [0.2, 0.25) is 11.8 Å². The van der Waals surface area contributed by atoms with Gasteiger partial charge < -0.3 is 29.7 Å². The number of hydrogen-bond donors (Lipinski definition) is 3. The average Bonchev–Trinajstić information content (AvgIpc) is 3.24. The highest BCUT2D eigenvalue weighted by molar-refractivity contribution is 6.00. The predicted octanol–water partition coefficient (Wildman–Crippen LogP) is 2.27. The molecule has 1 fully saturated rings. The summed E-state index contributed by atoms with van der Waals surface area (Å²) in [5, 5.41) is 20.6. The Morgan fingerprint density at radius 2 is 2.00 bits per heavy atom. The first-order valence-corrected chi connectivity index (χ1v) is 12.7. The predicted molar refractivity (Wildman–Crippen MR) is 140 cm³/mol. The summed E-state index contributed by atoms with van der Waals surface area (Å²) in [6, 6.07) is 12.1. The number of ether oxygens (including phenoxy) is 1. The number of phenolic OH excluding ortho intramolecular Hbond substituents is 1. The Hall–Kier alpha value is -3.56. The topological polar surface area (TPSA) is 109 Å². The Morgan fingerprint density at radius 3 is 2.70 bits per heavy atom. The van der Waals surface area contributed by atoms with Crippen molar-refractivity contribution in [3.8, 4) is 11.5 Å². The first-order chi connectivity index (χ1) is 17.8. The number of nitrogens with zero attached hydrogens (tertiary/aromatic N) is 3. The lowest BCUT2D eigenvalue weighted by Gasteiger charge is -2.53. The maximum absolute atomic E-state index is 14.1. The summed E-state index contributed by atoms with van der Waals surface area (Å²) in [6.07, 6.45) is 0.361. The lowest BCUT2D eigenvalue weighted by molar-refractivity contribution is -0.167. The van der Waals surface area contributed by atoms with Gasteiger partial charge in [0.05, 0.1) is 26.3 Å². The van der Waals surface area contributed by atoms with Gasteiger partial charge in [-0.05, 0) is 54.9 Å². The molecule has 0 saturated carbocycles. The Bertz CT molecular complexity index is 1340. The fourth-order valence-electron chi connectivity index (χ4n) is 5.91. The number of aliphatic hydroxyl groups excluding tert-OH is 1. The minimum Gasteiger partial charge on any atom is -0.508 e. The van der Waals surface area contributed by atoms with E-state index < -0.39 is 11.6 Å². The lowest BCUT2D eigenvalue weighted by Crippen LogP contribution is -2.70. The van der Waals surface area contributed by atoms with Crippen molar-refractivity contribution in [2.45, 2.75) is 31.8 Å². The van der Waals surface area contributed by atoms with Crippen LogP contribution in [0.3, 0.4) is 0 Å². The van der Waals surface area contributed by atoms with Crippen LogP contribution in [0.4, 0.5) is 0 Å². The fraction of sp³-hybridized carbons (Fsp3) is 0.429. The number of nitrogens with one attached hydrogen (secondary N) is 1. The number of fused-ring (bicyclic) bond motifs is 4. The Kier molecular flexibility index (Phi) is 6.59. The molecule has 37 heavy (non-hydrogen) atoms. The molecule has 1 saturated heterocycles. The number of piperazine rings is 1. The van der Waals surface area contributed by atoms with Crippen LogP contribution in [0.25, 0.3) is 10.9 Å². The molecule has 0 aliphatic carbocycles. The van der Waals surface area contributed by atoms with Gasteiger partial charge in [-0.15, -0.1) is 0 Å². The second kappa shape index (κ2) is 9.72. The number of H-pyrrole nitrogens is 1. The molecule has 0 unspecified atom stereocenters. The van der Waals surface area contributed by atoms with E-state index in [0.29, 0.717) is 31.8 Å². The fourth-order valence-corrected chi connectivity index (χ4v) is 5.91. The molecule has 2 amide bonds. The van der Waals surface area contributed by atoms with Crippen LogP contribution in [0, 0.1) is 0 Å². The first-order valence-electron chi connectivity index (χ1n) is 12.7. The summed E-state index contributed by atoms with van der Waals surface area (Å²) in [7, 11) is 1.62. The van der Waals surface area contributed by atoms with Gasteiger partial charge in [-0.3, -0.25) is 14.5 Å². The van der Waals surface area contributed by atoms with Gasteiger partial charge in [-0.25, -0.2) is 0 Å². The number of rotatable bonds is 8. The van der Waals surface area contributed by atoms with Gasteiger partial charge in [-0.1, -0.05) is 19.1 Å². The highest BCUT2D eigenvalue weighted by atomic mass is 16.5. The number of methoxy groups -OCH3 is 1. The molecule has 1 aromatic heterocycles. The molecule has 196 valence electrons. The minimum atomic E-state index is -1.11. The molecule has 3 N–H and O–H groups in total. The van der Waals surface area contributed by atoms with Gasteiger partial charge in [-0.2, -0.15) is 0 Å². The number of hydrogen-bond acceptors (Lipinski definition) is 6. The highest BCUT2D eigenvalue weighted by Crippen LogP contribution is 2.47. The number of phenols is 1. The summed E-state index contributed by atoms with van der Waals surface area (Å²) in [6.45, 7) is 6.16. The maximum atomic E-state index is 14.1. The van der Waals surface area contributed by atoms with Crippen molar-refractivity contribution in [3.63, 3.8) is 0 Å². The van der Waals surface area contributed by atoms with Gasteiger partial charge in [0.15, 0.2) is 0 Å². The lowest BCUT2D eigenvalue weighted by atomic mass is 9.78. The molecule has 2 aromatic carbocycles. The summed E-state index contributed by atoms with van der Waals surface area (Å²) in [5.74, 6) is 0.583. The van der Waals surface area contributed by atoms with Crippen molar-refractivity contribution in [1.82, 2.24) is 19.7 Å².